The van der Waals surface area contributed by atoms with Gasteiger partial charge in [0, 0.05) is 28.6 Å². The van der Waals surface area contributed by atoms with Crippen molar-refractivity contribution in [2.75, 3.05) is 25.0 Å². The van der Waals surface area contributed by atoms with Gasteiger partial charge in [0.2, 0.25) is 0 Å². The van der Waals surface area contributed by atoms with Crippen molar-refractivity contribution in [3.63, 3.8) is 0 Å². The van der Waals surface area contributed by atoms with E-state index in [0.717, 1.165) is 11.2 Å². The summed E-state index contributed by atoms with van der Waals surface area (Å²) in [5.74, 6) is 0.868. The lowest BCUT2D eigenvalue weighted by atomic mass is 10.00. The maximum atomic E-state index is 3.64. The molecule has 1 nitrogen and oxygen atoms in total. The lowest BCUT2D eigenvalue weighted by Gasteiger charge is -2.33. The Kier molecular flexibility index (Phi) is 4.32. The van der Waals surface area contributed by atoms with Gasteiger partial charge in [-0.05, 0) is 43.4 Å². The maximum absolute atomic E-state index is 3.64. The van der Waals surface area contributed by atoms with Gasteiger partial charge < -0.3 is 4.90 Å². The highest BCUT2D eigenvalue weighted by Crippen LogP contribution is 2.37. The smallest absolute Gasteiger partial charge is 0.0263 e. The molecule has 0 radical (unpaired) electrons. The highest BCUT2D eigenvalue weighted by Gasteiger charge is 2.26. The minimum atomic E-state index is 0.775. The van der Waals surface area contributed by atoms with Crippen LogP contribution >= 0.6 is 27.7 Å². The van der Waals surface area contributed by atoms with E-state index < -0.39 is 0 Å². The Hall–Kier alpha value is 0.01000. The van der Waals surface area contributed by atoms with Crippen molar-refractivity contribution in [3.05, 3.63) is 29.8 Å². The number of hydrogen-bond acceptors (Lipinski definition) is 2. The molecule has 98 valence electrons. The molecule has 1 fully saturated rings. The van der Waals surface area contributed by atoms with Gasteiger partial charge in [-0.25, -0.2) is 0 Å². The van der Waals surface area contributed by atoms with Gasteiger partial charge in [-0.3, -0.25) is 0 Å². The van der Waals surface area contributed by atoms with Crippen LogP contribution in [-0.2, 0) is 6.42 Å². The van der Waals surface area contributed by atoms with E-state index in [-0.39, 0.29) is 0 Å². The predicted octanol–water partition coefficient (Wildman–Crippen LogP) is 3.81. The molecule has 2 aliphatic heterocycles. The Bertz CT molecular complexity index is 384. The summed E-state index contributed by atoms with van der Waals surface area (Å²) < 4.78 is 0. The number of benzene rings is 1. The van der Waals surface area contributed by atoms with E-state index in [4.69, 9.17) is 0 Å². The van der Waals surface area contributed by atoms with Crippen LogP contribution in [0.5, 0.6) is 0 Å². The van der Waals surface area contributed by atoms with Gasteiger partial charge in [0.25, 0.3) is 0 Å². The summed E-state index contributed by atoms with van der Waals surface area (Å²) in [5.41, 5.74) is 1.56. The molecule has 3 heteroatoms. The monoisotopic (exact) mass is 325 g/mol. The summed E-state index contributed by atoms with van der Waals surface area (Å²) in [6, 6.07) is 8.90. The number of likely N-dealkylation sites (tertiary alicyclic amines) is 1. The van der Waals surface area contributed by atoms with E-state index >= 15 is 0 Å². The molecule has 0 aliphatic carbocycles. The molecule has 0 aromatic heterocycles. The van der Waals surface area contributed by atoms with Crippen LogP contribution in [0.4, 0.5) is 0 Å². The van der Waals surface area contributed by atoms with Crippen LogP contribution in [0, 0.1) is 5.92 Å². The first kappa shape index (κ1) is 13.0. The first-order valence-electron chi connectivity index (χ1n) is 6.88. The number of fused-ring (bicyclic) bond motifs is 1. The Morgan fingerprint density at radius 2 is 2.22 bits per heavy atom. The van der Waals surface area contributed by atoms with Gasteiger partial charge >= 0.3 is 0 Å². The van der Waals surface area contributed by atoms with E-state index in [9.17, 15) is 0 Å². The quantitative estimate of drug-likeness (QED) is 0.777. The fourth-order valence-corrected chi connectivity index (χ4v) is 4.98. The third-order valence-electron chi connectivity index (χ3n) is 4.00. The number of nitrogens with zero attached hydrogens (tertiary/aromatic N) is 1. The summed E-state index contributed by atoms with van der Waals surface area (Å²) >= 11 is 5.73. The van der Waals surface area contributed by atoms with E-state index in [1.807, 2.05) is 0 Å². The van der Waals surface area contributed by atoms with E-state index in [1.54, 1.807) is 5.56 Å². The zero-order valence-electron chi connectivity index (χ0n) is 10.6. The molecule has 0 spiro atoms. The molecule has 18 heavy (non-hydrogen) atoms. The molecule has 0 bridgehead atoms. The third kappa shape index (κ3) is 2.94. The Labute approximate surface area is 122 Å². The summed E-state index contributed by atoms with van der Waals surface area (Å²) in [6.45, 7) is 3.86. The Morgan fingerprint density at radius 1 is 1.33 bits per heavy atom. The lowest BCUT2D eigenvalue weighted by Crippen LogP contribution is -2.39. The van der Waals surface area contributed by atoms with Crippen LogP contribution in [-0.4, -0.2) is 35.1 Å². The molecule has 0 N–H and O–H groups in total. The maximum Gasteiger partial charge on any atom is 0.0263 e. The van der Waals surface area contributed by atoms with Gasteiger partial charge in [-0.1, -0.05) is 34.1 Å². The van der Waals surface area contributed by atoms with Crippen molar-refractivity contribution in [1.82, 2.24) is 4.90 Å². The van der Waals surface area contributed by atoms with E-state index in [1.165, 1.54) is 49.1 Å². The van der Waals surface area contributed by atoms with Gasteiger partial charge in [0.05, 0.1) is 0 Å². The zero-order valence-corrected chi connectivity index (χ0v) is 13.0. The fourth-order valence-electron chi connectivity index (χ4n) is 3.09. The topological polar surface area (TPSA) is 3.24 Å². The van der Waals surface area contributed by atoms with Crippen molar-refractivity contribution in [2.45, 2.75) is 29.4 Å². The molecule has 1 saturated heterocycles. The first-order valence-corrected chi connectivity index (χ1v) is 8.88. The highest BCUT2D eigenvalue weighted by molar-refractivity contribution is 9.09. The van der Waals surface area contributed by atoms with Crippen molar-refractivity contribution in [3.8, 4) is 0 Å². The SMILES string of the molecule is BrCC1CCCN(CC2Cc3ccccc3S2)C1. The molecule has 2 unspecified atom stereocenters. The number of rotatable bonds is 3. The number of halogens is 1. The molecule has 2 heterocycles. The van der Waals surface area contributed by atoms with E-state index in [0.29, 0.717) is 0 Å². The third-order valence-corrected chi connectivity index (χ3v) is 6.21. The molecule has 1 aromatic carbocycles. The van der Waals surface area contributed by atoms with Gasteiger partial charge in [0.1, 0.15) is 0 Å². The predicted molar refractivity (Wildman–Crippen MR) is 82.7 cm³/mol. The van der Waals surface area contributed by atoms with Crippen molar-refractivity contribution < 1.29 is 0 Å². The molecular weight excluding hydrogens is 306 g/mol. The Balaban J connectivity index is 1.56. The van der Waals surface area contributed by atoms with Gasteiger partial charge in [0.15, 0.2) is 0 Å². The van der Waals surface area contributed by atoms with Crippen LogP contribution in [0.15, 0.2) is 29.2 Å². The van der Waals surface area contributed by atoms with Crippen LogP contribution in [0.25, 0.3) is 0 Å². The molecular formula is C15H20BrNS. The van der Waals surface area contributed by atoms with Crippen LogP contribution < -0.4 is 0 Å². The standard InChI is InChI=1S/C15H20BrNS/c16-9-12-4-3-7-17(10-12)11-14-8-13-5-1-2-6-15(13)18-14/h1-2,5-6,12,14H,3-4,7-11H2. The molecule has 2 atom stereocenters. The summed E-state index contributed by atoms with van der Waals surface area (Å²) in [6.07, 6.45) is 4.04. The molecule has 2 aliphatic rings. The number of hydrogen-bond donors (Lipinski definition) is 0. The Morgan fingerprint density at radius 3 is 3.06 bits per heavy atom. The lowest BCUT2D eigenvalue weighted by molar-refractivity contribution is 0.187. The average molecular weight is 326 g/mol. The van der Waals surface area contributed by atoms with Crippen LogP contribution in [0.2, 0.25) is 0 Å². The van der Waals surface area contributed by atoms with Crippen LogP contribution in [0.3, 0.4) is 0 Å². The number of alkyl halides is 1. The first-order chi connectivity index (χ1) is 8.85. The summed E-state index contributed by atoms with van der Waals surface area (Å²) in [4.78, 5) is 4.19. The second-order valence-electron chi connectivity index (χ2n) is 5.47. The van der Waals surface area contributed by atoms with E-state index in [2.05, 4.69) is 56.9 Å². The molecule has 0 amide bonds. The zero-order chi connectivity index (χ0) is 12.4. The normalized spacial score (nSPS) is 28.3. The largest absolute Gasteiger partial charge is 0.302 e. The van der Waals surface area contributed by atoms with Crippen molar-refractivity contribution in [2.24, 2.45) is 5.92 Å². The summed E-state index contributed by atoms with van der Waals surface area (Å²) in [7, 11) is 0. The second-order valence-corrected chi connectivity index (χ2v) is 7.46. The highest BCUT2D eigenvalue weighted by atomic mass is 79.9. The van der Waals surface area contributed by atoms with Crippen LogP contribution in [0.1, 0.15) is 18.4 Å². The minimum absolute atomic E-state index is 0.775. The van der Waals surface area contributed by atoms with Crippen molar-refractivity contribution in [1.29, 1.82) is 0 Å². The van der Waals surface area contributed by atoms with Gasteiger partial charge in [-0.2, -0.15) is 0 Å². The molecule has 0 saturated carbocycles. The average Bonchev–Trinajstić information content (AvgIpc) is 2.81. The fraction of sp³-hybridized carbons (Fsp3) is 0.600. The number of piperidine rings is 1. The minimum Gasteiger partial charge on any atom is -0.302 e. The second kappa shape index (κ2) is 5.98. The summed E-state index contributed by atoms with van der Waals surface area (Å²) in [5, 5.41) is 1.94. The molecule has 3 rings (SSSR count). The van der Waals surface area contributed by atoms with Crippen molar-refractivity contribution >= 4 is 27.7 Å². The molecule has 1 aromatic rings. The number of thioether (sulfide) groups is 1. The van der Waals surface area contributed by atoms with Gasteiger partial charge in [-0.15, -0.1) is 11.8 Å².